The fourth-order valence-electron chi connectivity index (χ4n) is 3.37. The van der Waals surface area contributed by atoms with Crippen molar-refractivity contribution in [3.05, 3.63) is 88.6 Å². The number of hydrogen-bond acceptors (Lipinski definition) is 4. The van der Waals surface area contributed by atoms with Crippen LogP contribution in [0.5, 0.6) is 0 Å². The first-order chi connectivity index (χ1) is 16.2. The summed E-state index contributed by atoms with van der Waals surface area (Å²) in [5.74, 6) is -0.0909. The van der Waals surface area contributed by atoms with Crippen molar-refractivity contribution >= 4 is 29.0 Å². The average molecular weight is 466 g/mol. The third kappa shape index (κ3) is 8.36. The number of urea groups is 1. The minimum absolute atomic E-state index is 0.00298. The van der Waals surface area contributed by atoms with Gasteiger partial charge in [-0.2, -0.15) is 0 Å². The van der Waals surface area contributed by atoms with Crippen LogP contribution in [0.15, 0.2) is 78.2 Å². The van der Waals surface area contributed by atoms with Gasteiger partial charge in [0.1, 0.15) is 6.54 Å². The van der Waals surface area contributed by atoms with E-state index in [0.29, 0.717) is 45.0 Å². The number of carbonyl (C=O) groups is 2. The number of para-hydroxylation sites is 1. The maximum atomic E-state index is 13.4. The summed E-state index contributed by atoms with van der Waals surface area (Å²) in [7, 11) is 0. The Morgan fingerprint density at radius 2 is 1.64 bits per heavy atom. The van der Waals surface area contributed by atoms with Gasteiger partial charge in [0.2, 0.25) is 5.91 Å². The van der Waals surface area contributed by atoms with Crippen molar-refractivity contribution in [3.63, 3.8) is 0 Å². The molecule has 0 unspecified atom stereocenters. The second-order valence-electron chi connectivity index (χ2n) is 7.58. The van der Waals surface area contributed by atoms with Gasteiger partial charge in [0.15, 0.2) is 0 Å². The van der Waals surface area contributed by atoms with E-state index in [1.165, 1.54) is 0 Å². The molecular formula is C26H31N3O3S. The zero-order valence-corrected chi connectivity index (χ0v) is 19.8. The molecule has 33 heavy (non-hydrogen) atoms. The maximum Gasteiger partial charge on any atom is 0.322 e. The molecule has 1 heterocycles. The van der Waals surface area contributed by atoms with Crippen molar-refractivity contribution in [2.45, 2.75) is 26.4 Å². The third-order valence-corrected chi connectivity index (χ3v) is 5.92. The molecule has 0 aliphatic heterocycles. The van der Waals surface area contributed by atoms with E-state index < -0.39 is 0 Å². The van der Waals surface area contributed by atoms with Crippen molar-refractivity contribution < 1.29 is 14.3 Å². The summed E-state index contributed by atoms with van der Waals surface area (Å²) in [6.45, 7) is 4.55. The Kier molecular flexibility index (Phi) is 9.94. The summed E-state index contributed by atoms with van der Waals surface area (Å²) in [6.07, 6.45) is 0.660. The second-order valence-corrected chi connectivity index (χ2v) is 8.62. The molecule has 0 aliphatic carbocycles. The molecule has 3 amide bonds. The van der Waals surface area contributed by atoms with Gasteiger partial charge in [-0.3, -0.25) is 4.79 Å². The van der Waals surface area contributed by atoms with Crippen LogP contribution < -0.4 is 5.32 Å². The van der Waals surface area contributed by atoms with Gasteiger partial charge in [-0.25, -0.2) is 4.79 Å². The second kappa shape index (κ2) is 13.4. The number of amides is 3. The largest absolute Gasteiger partial charge is 0.382 e. The molecule has 3 aromatic rings. The van der Waals surface area contributed by atoms with Crippen LogP contribution in [0.25, 0.3) is 0 Å². The minimum atomic E-state index is -0.290. The molecule has 0 fully saturated rings. The Bertz CT molecular complexity index is 965. The molecule has 0 saturated carbocycles. The molecule has 1 aromatic heterocycles. The van der Waals surface area contributed by atoms with Crippen molar-refractivity contribution in [3.8, 4) is 0 Å². The van der Waals surface area contributed by atoms with E-state index in [4.69, 9.17) is 4.74 Å². The van der Waals surface area contributed by atoms with Gasteiger partial charge in [-0.05, 0) is 42.5 Å². The van der Waals surface area contributed by atoms with Crippen molar-refractivity contribution in [1.82, 2.24) is 9.80 Å². The number of benzene rings is 2. The lowest BCUT2D eigenvalue weighted by atomic mass is 10.2. The lowest BCUT2D eigenvalue weighted by Gasteiger charge is -2.28. The molecule has 0 aliphatic rings. The van der Waals surface area contributed by atoms with Crippen LogP contribution in [0.2, 0.25) is 0 Å². The van der Waals surface area contributed by atoms with Gasteiger partial charge in [0, 0.05) is 36.9 Å². The van der Waals surface area contributed by atoms with Crippen LogP contribution in [-0.2, 0) is 22.6 Å². The molecule has 2 aromatic carbocycles. The number of anilines is 1. The van der Waals surface area contributed by atoms with Gasteiger partial charge in [-0.1, -0.05) is 54.6 Å². The summed E-state index contributed by atoms with van der Waals surface area (Å²) in [5, 5.41) is 4.91. The van der Waals surface area contributed by atoms with Crippen LogP contribution in [-0.4, -0.2) is 48.0 Å². The highest BCUT2D eigenvalue weighted by Crippen LogP contribution is 2.16. The normalized spacial score (nSPS) is 10.6. The van der Waals surface area contributed by atoms with Crippen molar-refractivity contribution in [1.29, 1.82) is 0 Å². The molecule has 174 valence electrons. The minimum Gasteiger partial charge on any atom is -0.382 e. The quantitative estimate of drug-likeness (QED) is 0.372. The number of thiophene rings is 1. The van der Waals surface area contributed by atoms with E-state index >= 15 is 0 Å². The molecule has 0 spiro atoms. The Balaban J connectivity index is 1.71. The lowest BCUT2D eigenvalue weighted by molar-refractivity contribution is -0.133. The Morgan fingerprint density at radius 1 is 0.909 bits per heavy atom. The van der Waals surface area contributed by atoms with E-state index in [1.54, 1.807) is 16.2 Å². The van der Waals surface area contributed by atoms with Gasteiger partial charge in [0.25, 0.3) is 0 Å². The SMILES string of the molecule is CCOCCCN(CC(=O)N(Cc1ccccc1)Cc1cccs1)C(=O)Nc1ccccc1. The summed E-state index contributed by atoms with van der Waals surface area (Å²) in [6, 6.07) is 22.9. The van der Waals surface area contributed by atoms with E-state index in [-0.39, 0.29) is 18.5 Å². The fraction of sp³-hybridized carbons (Fsp3) is 0.308. The van der Waals surface area contributed by atoms with Gasteiger partial charge in [0.05, 0.1) is 6.54 Å². The van der Waals surface area contributed by atoms with E-state index in [9.17, 15) is 9.59 Å². The summed E-state index contributed by atoms with van der Waals surface area (Å²) >= 11 is 1.62. The number of hydrogen-bond donors (Lipinski definition) is 1. The third-order valence-electron chi connectivity index (χ3n) is 5.05. The summed E-state index contributed by atoms with van der Waals surface area (Å²) < 4.78 is 5.43. The number of nitrogens with one attached hydrogen (secondary N) is 1. The number of nitrogens with zero attached hydrogens (tertiary/aromatic N) is 2. The van der Waals surface area contributed by atoms with Crippen LogP contribution in [0.3, 0.4) is 0 Å². The van der Waals surface area contributed by atoms with E-state index in [2.05, 4.69) is 5.32 Å². The molecule has 7 heteroatoms. The zero-order chi connectivity index (χ0) is 23.3. The molecule has 0 saturated heterocycles. The van der Waals surface area contributed by atoms with Gasteiger partial charge in [-0.15, -0.1) is 11.3 Å². The fourth-order valence-corrected chi connectivity index (χ4v) is 4.09. The zero-order valence-electron chi connectivity index (χ0n) is 19.0. The first kappa shape index (κ1) is 24.5. The highest BCUT2D eigenvalue weighted by Gasteiger charge is 2.22. The first-order valence-corrected chi connectivity index (χ1v) is 12.1. The maximum absolute atomic E-state index is 13.4. The monoisotopic (exact) mass is 465 g/mol. The Morgan fingerprint density at radius 3 is 2.30 bits per heavy atom. The number of ether oxygens (including phenoxy) is 1. The summed E-state index contributed by atoms with van der Waals surface area (Å²) in [5.41, 5.74) is 1.75. The van der Waals surface area contributed by atoms with Gasteiger partial charge >= 0.3 is 6.03 Å². The van der Waals surface area contributed by atoms with Crippen LogP contribution in [0.4, 0.5) is 10.5 Å². The standard InChI is InChI=1S/C26H31N3O3S/c1-2-32-17-10-16-28(26(31)27-23-13-7-4-8-14-23)21-25(30)29(20-24-15-9-18-33-24)19-22-11-5-3-6-12-22/h3-9,11-15,18H,2,10,16-17,19-21H2,1H3,(H,27,31). The molecular weight excluding hydrogens is 434 g/mol. The first-order valence-electron chi connectivity index (χ1n) is 11.2. The lowest BCUT2D eigenvalue weighted by Crippen LogP contribution is -2.44. The topological polar surface area (TPSA) is 61.9 Å². The van der Waals surface area contributed by atoms with Crippen LogP contribution in [0, 0.1) is 0 Å². The number of carbonyl (C=O) groups excluding carboxylic acids is 2. The molecule has 0 radical (unpaired) electrons. The van der Waals surface area contributed by atoms with Gasteiger partial charge < -0.3 is 19.9 Å². The van der Waals surface area contributed by atoms with Crippen molar-refractivity contribution in [2.24, 2.45) is 0 Å². The predicted octanol–water partition coefficient (Wildman–Crippen LogP) is 5.24. The van der Waals surface area contributed by atoms with Crippen LogP contribution in [0.1, 0.15) is 23.8 Å². The molecule has 6 nitrogen and oxygen atoms in total. The molecule has 0 atom stereocenters. The molecule has 3 rings (SSSR count). The van der Waals surface area contributed by atoms with E-state index in [0.717, 1.165) is 10.4 Å². The highest BCUT2D eigenvalue weighted by molar-refractivity contribution is 7.09. The highest BCUT2D eigenvalue weighted by atomic mass is 32.1. The van der Waals surface area contributed by atoms with Crippen molar-refractivity contribution in [2.75, 3.05) is 31.6 Å². The average Bonchev–Trinajstić information content (AvgIpc) is 3.35. The molecule has 1 N–H and O–H groups in total. The van der Waals surface area contributed by atoms with Crippen LogP contribution >= 0.6 is 11.3 Å². The Labute approximate surface area is 199 Å². The predicted molar refractivity (Wildman–Crippen MR) is 133 cm³/mol. The molecule has 0 bridgehead atoms. The number of rotatable bonds is 12. The summed E-state index contributed by atoms with van der Waals surface area (Å²) in [4.78, 5) is 30.9. The Hall–Kier alpha value is -3.16. The van der Waals surface area contributed by atoms with E-state index in [1.807, 2.05) is 90.0 Å². The smallest absolute Gasteiger partial charge is 0.322 e.